The van der Waals surface area contributed by atoms with E-state index in [-0.39, 0.29) is 99.8 Å². The summed E-state index contributed by atoms with van der Waals surface area (Å²) < 4.78 is 13.0. The average molecular weight is 1030 g/mol. The largest absolute Gasteiger partial charge is 0.508 e. The van der Waals surface area contributed by atoms with Crippen LogP contribution < -0.4 is 15.2 Å². The SMILES string of the molecule is NCOc1cc(CCC(=O)C2CC(Cc3ccc(O)cc3)C3CC4CC(C56CC7(CCCC7)CCC5c5cc[nH]c5-c5ccccc56)C(c5cc(O)c(O)c(OC6(c7cccc(O)c7)CCCC6)c54)C3C2O)ccc1O. The maximum Gasteiger partial charge on any atom is 0.200 e. The van der Waals surface area contributed by atoms with Crippen molar-refractivity contribution < 1.29 is 44.9 Å². The van der Waals surface area contributed by atoms with Gasteiger partial charge >= 0.3 is 0 Å². The van der Waals surface area contributed by atoms with Crippen LogP contribution in [0.3, 0.4) is 0 Å². The number of benzene rings is 5. The van der Waals surface area contributed by atoms with Crippen molar-refractivity contribution in [2.75, 3.05) is 6.73 Å². The van der Waals surface area contributed by atoms with Crippen LogP contribution in [0, 0.1) is 35.0 Å². The number of nitrogens with one attached hydrogen (secondary N) is 1. The van der Waals surface area contributed by atoms with Gasteiger partial charge in [-0.05, 0) is 219 Å². The van der Waals surface area contributed by atoms with Crippen LogP contribution in [-0.4, -0.2) is 54.2 Å². The van der Waals surface area contributed by atoms with Gasteiger partial charge in [-0.1, -0.05) is 67.4 Å². The van der Waals surface area contributed by atoms with Gasteiger partial charge in [-0.2, -0.15) is 0 Å². The lowest BCUT2D eigenvalue weighted by molar-refractivity contribution is -0.136. The van der Waals surface area contributed by atoms with Crippen molar-refractivity contribution in [2.24, 2.45) is 40.7 Å². The van der Waals surface area contributed by atoms with Crippen molar-refractivity contribution in [3.05, 3.63) is 148 Å². The van der Waals surface area contributed by atoms with Crippen LogP contribution in [0.2, 0.25) is 0 Å². The van der Waals surface area contributed by atoms with Gasteiger partial charge in [0.2, 0.25) is 5.75 Å². The Morgan fingerprint density at radius 3 is 2.32 bits per heavy atom. The predicted molar refractivity (Wildman–Crippen MR) is 290 cm³/mol. The van der Waals surface area contributed by atoms with Crippen LogP contribution in [0.15, 0.2) is 109 Å². The molecular weight excluding hydrogens is 953 g/mol. The molecule has 8 aliphatic carbocycles. The summed E-state index contributed by atoms with van der Waals surface area (Å²) >= 11 is 0. The summed E-state index contributed by atoms with van der Waals surface area (Å²) in [4.78, 5) is 19.0. The normalized spacial score (nSPS) is 29.4. The minimum absolute atomic E-state index is 0.0166. The number of phenols is 5. The monoisotopic (exact) mass is 1020 g/mol. The predicted octanol–water partition coefficient (Wildman–Crippen LogP) is 12.4. The first-order valence-electron chi connectivity index (χ1n) is 28.4. The number of ether oxygens (including phenoxy) is 2. The molecule has 11 heteroatoms. The second-order valence-corrected chi connectivity index (χ2v) is 24.4. The quantitative estimate of drug-likeness (QED) is 0.0431. The van der Waals surface area contributed by atoms with Crippen molar-refractivity contribution in [3.63, 3.8) is 0 Å². The minimum atomic E-state index is -1.03. The maximum atomic E-state index is 15.3. The van der Waals surface area contributed by atoms with E-state index in [1.807, 2.05) is 30.3 Å². The number of hydrogen-bond acceptors (Lipinski definition) is 10. The highest BCUT2D eigenvalue weighted by molar-refractivity contribution is 5.82. The van der Waals surface area contributed by atoms with Gasteiger partial charge in [0.25, 0.3) is 0 Å². The molecule has 76 heavy (non-hydrogen) atoms. The number of H-pyrrole nitrogens is 1. The Kier molecular flexibility index (Phi) is 12.3. The molecule has 1 spiro atoms. The van der Waals surface area contributed by atoms with E-state index in [1.165, 1.54) is 48.1 Å². The number of rotatable bonds is 12. The number of ketones is 1. The lowest BCUT2D eigenvalue weighted by Crippen LogP contribution is -2.56. The molecule has 0 saturated heterocycles. The Morgan fingerprint density at radius 1 is 0.750 bits per heavy atom. The summed E-state index contributed by atoms with van der Waals surface area (Å²) in [6, 6.07) is 33.0. The fourth-order valence-electron chi connectivity index (χ4n) is 17.8. The molecule has 11 nitrogen and oxygen atoms in total. The standard InChI is InChI=1S/C65H72N2O9/c66-36-75-55-29-38(15-19-53(55)71)14-18-52(70)47-30-39(28-37-12-16-42(68)17-13-37)46-31-40-32-51(65-35-63(22-3-4-23-63)26-20-50(65)45-21-27-67-59(45)44-10-1-2-11-49(44)65)57(58(46)60(47)73)48-34-54(72)61(74)62(56(40)48)76-64(24-5-6-25-64)41-8-7-9-43(69)33-41/h1-2,7-13,15-17,19,21,27,29,33-34,39-40,46-47,50-51,57-58,60,67-69,71-74H,3-6,14,18,20,22-26,28,30-32,35-36,66H2. The number of aromatic hydroxyl groups is 5. The summed E-state index contributed by atoms with van der Waals surface area (Å²) in [5.74, 6) is -1.28. The number of aryl methyl sites for hydroxylation is 1. The number of aliphatic hydroxyl groups excluding tert-OH is 1. The minimum Gasteiger partial charge on any atom is -0.508 e. The highest BCUT2D eigenvalue weighted by Gasteiger charge is 2.66. The van der Waals surface area contributed by atoms with Gasteiger partial charge in [0, 0.05) is 40.8 Å². The maximum absolute atomic E-state index is 15.3. The van der Waals surface area contributed by atoms with Crippen molar-refractivity contribution >= 4 is 5.78 Å². The Balaban J connectivity index is 1.01. The molecule has 1 aromatic heterocycles. The summed E-state index contributed by atoms with van der Waals surface area (Å²) in [6.07, 6.45) is 15.4. The number of hydrogen-bond donors (Lipinski definition) is 8. The Hall–Kier alpha value is -6.43. The number of Topliss-reactive ketones (excluding diaryl/α,β-unsaturated/α-hetero) is 1. The first-order chi connectivity index (χ1) is 36.9. The van der Waals surface area contributed by atoms with E-state index in [1.54, 1.807) is 42.5 Å². The van der Waals surface area contributed by atoms with Gasteiger partial charge in [0.1, 0.15) is 29.6 Å². The van der Waals surface area contributed by atoms with Crippen LogP contribution in [-0.2, 0) is 28.7 Å². The van der Waals surface area contributed by atoms with E-state index in [2.05, 4.69) is 41.5 Å². The molecule has 5 saturated carbocycles. The molecule has 2 bridgehead atoms. The summed E-state index contributed by atoms with van der Waals surface area (Å²) in [7, 11) is 0. The Morgan fingerprint density at radius 2 is 1.53 bits per heavy atom. The summed E-state index contributed by atoms with van der Waals surface area (Å²) in [6.45, 7) is -0.105. The summed E-state index contributed by atoms with van der Waals surface area (Å²) in [5.41, 5.74) is 14.3. The highest BCUT2D eigenvalue weighted by Crippen LogP contribution is 2.74. The van der Waals surface area contributed by atoms with Gasteiger partial charge in [0.15, 0.2) is 23.0 Å². The smallest absolute Gasteiger partial charge is 0.200 e. The lowest BCUT2D eigenvalue weighted by atomic mass is 9.42. The molecule has 10 unspecified atom stereocenters. The second-order valence-electron chi connectivity index (χ2n) is 24.4. The second kappa shape index (κ2) is 18.9. The zero-order chi connectivity index (χ0) is 52.1. The summed E-state index contributed by atoms with van der Waals surface area (Å²) in [5, 5.41) is 70.4. The first-order valence-corrected chi connectivity index (χ1v) is 28.4. The van der Waals surface area contributed by atoms with Gasteiger partial charge in [-0.15, -0.1) is 0 Å². The third kappa shape index (κ3) is 7.91. The van der Waals surface area contributed by atoms with Crippen molar-refractivity contribution in [1.82, 2.24) is 4.98 Å². The van der Waals surface area contributed by atoms with Gasteiger partial charge in [0.05, 0.1) is 6.10 Å². The van der Waals surface area contributed by atoms with Crippen LogP contribution in [0.25, 0.3) is 11.3 Å². The third-order valence-corrected chi connectivity index (χ3v) is 20.8. The zero-order valence-electron chi connectivity index (χ0n) is 43.3. The molecule has 6 aromatic rings. The molecule has 10 atom stereocenters. The molecular formula is C65H72N2O9. The topological polar surface area (TPSA) is 199 Å². The highest BCUT2D eigenvalue weighted by atomic mass is 16.5. The molecule has 9 N–H and O–H groups in total. The fourth-order valence-corrected chi connectivity index (χ4v) is 17.8. The van der Waals surface area contributed by atoms with Crippen LogP contribution in [0.1, 0.15) is 153 Å². The molecule has 396 valence electrons. The lowest BCUT2D eigenvalue weighted by Gasteiger charge is -2.61. The molecule has 5 fully saturated rings. The Labute approximate surface area is 445 Å². The Bertz CT molecular complexity index is 3170. The van der Waals surface area contributed by atoms with E-state index in [4.69, 9.17) is 15.2 Å². The van der Waals surface area contributed by atoms with E-state index in [0.29, 0.717) is 44.3 Å². The molecule has 5 aromatic carbocycles. The number of aromatic nitrogens is 1. The van der Waals surface area contributed by atoms with Crippen LogP contribution in [0.4, 0.5) is 0 Å². The number of phenolic OH excluding ortho intramolecular Hbond substituents is 5. The van der Waals surface area contributed by atoms with Crippen molar-refractivity contribution in [2.45, 2.75) is 144 Å². The number of nitrogens with two attached hydrogens (primary N) is 1. The molecule has 8 aliphatic rings. The van der Waals surface area contributed by atoms with Crippen molar-refractivity contribution in [1.29, 1.82) is 0 Å². The number of aliphatic hydroxyl groups is 1. The number of aromatic amines is 1. The first kappa shape index (κ1) is 49.2. The van der Waals surface area contributed by atoms with Crippen LogP contribution in [0.5, 0.6) is 40.2 Å². The van der Waals surface area contributed by atoms with Crippen LogP contribution >= 0.6 is 0 Å². The van der Waals surface area contributed by atoms with Gasteiger partial charge in [-0.3, -0.25) is 10.5 Å². The van der Waals surface area contributed by atoms with E-state index >= 15 is 4.79 Å². The van der Waals surface area contributed by atoms with E-state index in [9.17, 15) is 30.6 Å². The van der Waals surface area contributed by atoms with E-state index in [0.717, 1.165) is 66.3 Å². The zero-order valence-corrected chi connectivity index (χ0v) is 43.3. The number of carbonyl (C=O) groups excluding carboxylic acids is 1. The molecule has 0 amide bonds. The molecule has 14 rings (SSSR count). The van der Waals surface area contributed by atoms with E-state index < -0.39 is 23.5 Å². The fraction of sp³-hybridized carbons (Fsp3) is 0.462. The van der Waals surface area contributed by atoms with Gasteiger partial charge < -0.3 is 45.1 Å². The molecule has 0 aliphatic heterocycles. The number of carbonyl (C=O) groups is 1. The van der Waals surface area contributed by atoms with Crippen molar-refractivity contribution in [3.8, 4) is 51.5 Å². The third-order valence-electron chi connectivity index (χ3n) is 20.8. The molecule has 0 radical (unpaired) electrons. The molecule has 1 heterocycles. The van der Waals surface area contributed by atoms with Gasteiger partial charge in [-0.25, -0.2) is 0 Å². The number of fused-ring (bicyclic) bond motifs is 8. The average Bonchev–Trinajstić information content (AvgIpc) is 4.19.